The average Bonchev–Trinajstić information content (AvgIpc) is 3.69. The molecule has 1 fully saturated rings. The summed E-state index contributed by atoms with van der Waals surface area (Å²) >= 11 is 8.91. The van der Waals surface area contributed by atoms with Gasteiger partial charge in [-0.15, -0.1) is 10.2 Å². The Balaban J connectivity index is 1.45. The molecule has 1 aliphatic rings. The second kappa shape index (κ2) is 12.0. The molecule has 3 aromatic heterocycles. The van der Waals surface area contributed by atoms with E-state index in [-0.39, 0.29) is 23.1 Å². The number of amides is 1. The standard InChI is InChI=1S/C31H24ClN5O4S2/c1-3-15-41-21-11-8-10-19(16-21)26-24(27(38)25-18(2)33-23-13-6-7-14-36(23)25)28(39)29(40)37(26)30-34-35-31(43-30)42-17-20-9-4-5-12-22(20)32/h3-14,16,26,38H,1,15,17H2,2H3/b27-24+. The molecule has 6 rings (SSSR count). The van der Waals surface area contributed by atoms with Crippen LogP contribution >= 0.6 is 34.7 Å². The summed E-state index contributed by atoms with van der Waals surface area (Å²) in [5, 5.41) is 21.2. The number of Topliss-reactive ketones (excluding diaryl/α,β-unsaturated/α-hetero) is 1. The number of pyridine rings is 1. The minimum Gasteiger partial charge on any atom is -0.505 e. The fourth-order valence-electron chi connectivity index (χ4n) is 4.91. The Bertz CT molecular complexity index is 1920. The monoisotopic (exact) mass is 629 g/mol. The number of aryl methyl sites for hydroxylation is 1. The fraction of sp³-hybridized carbons (Fsp3) is 0.129. The van der Waals surface area contributed by atoms with Gasteiger partial charge in [-0.25, -0.2) is 4.98 Å². The molecule has 2 aromatic carbocycles. The Labute approximate surface area is 260 Å². The van der Waals surface area contributed by atoms with Crippen LogP contribution in [0.4, 0.5) is 5.13 Å². The lowest BCUT2D eigenvalue weighted by Crippen LogP contribution is -2.29. The summed E-state index contributed by atoms with van der Waals surface area (Å²) in [6.07, 6.45) is 3.36. The number of thioether (sulfide) groups is 1. The largest absolute Gasteiger partial charge is 0.505 e. The van der Waals surface area contributed by atoms with Crippen molar-refractivity contribution in [3.63, 3.8) is 0 Å². The van der Waals surface area contributed by atoms with Gasteiger partial charge in [0.25, 0.3) is 5.78 Å². The number of ketones is 1. The second-order valence-electron chi connectivity index (χ2n) is 9.55. The third kappa shape index (κ3) is 5.42. The number of hydrogen-bond donors (Lipinski definition) is 1. The van der Waals surface area contributed by atoms with Crippen molar-refractivity contribution in [2.45, 2.75) is 23.1 Å². The normalized spacial score (nSPS) is 16.2. The number of halogens is 1. The van der Waals surface area contributed by atoms with Crippen LogP contribution < -0.4 is 9.64 Å². The molecule has 216 valence electrons. The molecule has 1 atom stereocenters. The maximum atomic E-state index is 13.7. The number of aliphatic hydroxyl groups excluding tert-OH is 1. The van der Waals surface area contributed by atoms with E-state index in [1.54, 1.807) is 60.0 Å². The first-order valence-corrected chi connectivity index (χ1v) is 15.3. The predicted molar refractivity (Wildman–Crippen MR) is 168 cm³/mol. The molecular weight excluding hydrogens is 606 g/mol. The first kappa shape index (κ1) is 28.7. The maximum absolute atomic E-state index is 13.7. The fourth-order valence-corrected chi connectivity index (χ4v) is 7.07. The van der Waals surface area contributed by atoms with Crippen molar-refractivity contribution in [3.05, 3.63) is 119 Å². The van der Waals surface area contributed by atoms with Crippen molar-refractivity contribution in [1.29, 1.82) is 0 Å². The van der Waals surface area contributed by atoms with Gasteiger partial charge in [0.2, 0.25) is 5.13 Å². The quantitative estimate of drug-likeness (QED) is 0.0483. The Kier molecular flexibility index (Phi) is 8.02. The number of anilines is 1. The van der Waals surface area contributed by atoms with Crippen LogP contribution in [0.25, 0.3) is 11.4 Å². The van der Waals surface area contributed by atoms with E-state index < -0.39 is 17.7 Å². The van der Waals surface area contributed by atoms with Gasteiger partial charge in [0.05, 0.1) is 17.3 Å². The predicted octanol–water partition coefficient (Wildman–Crippen LogP) is 6.63. The summed E-state index contributed by atoms with van der Waals surface area (Å²) in [6, 6.07) is 19.0. The molecule has 1 amide bonds. The summed E-state index contributed by atoms with van der Waals surface area (Å²) in [5.74, 6) is -0.938. The van der Waals surface area contributed by atoms with Crippen LogP contribution in [0.15, 0.2) is 95.5 Å². The van der Waals surface area contributed by atoms with Gasteiger partial charge in [0.15, 0.2) is 10.1 Å². The van der Waals surface area contributed by atoms with Crippen LogP contribution in [0, 0.1) is 6.92 Å². The smallest absolute Gasteiger partial charge is 0.301 e. The highest BCUT2D eigenvalue weighted by molar-refractivity contribution is 8.00. The zero-order valence-corrected chi connectivity index (χ0v) is 25.2. The van der Waals surface area contributed by atoms with E-state index in [1.807, 2.05) is 30.3 Å². The lowest BCUT2D eigenvalue weighted by molar-refractivity contribution is -0.132. The molecule has 0 bridgehead atoms. The molecule has 12 heteroatoms. The summed E-state index contributed by atoms with van der Waals surface area (Å²) in [4.78, 5) is 33.2. The van der Waals surface area contributed by atoms with Crippen LogP contribution in [0.2, 0.25) is 5.02 Å². The van der Waals surface area contributed by atoms with Gasteiger partial charge in [-0.3, -0.25) is 18.9 Å². The van der Waals surface area contributed by atoms with Crippen molar-refractivity contribution in [2.24, 2.45) is 0 Å². The number of fused-ring (bicyclic) bond motifs is 1. The molecule has 0 radical (unpaired) electrons. The van der Waals surface area contributed by atoms with Gasteiger partial charge >= 0.3 is 5.91 Å². The lowest BCUT2D eigenvalue weighted by atomic mass is 9.96. The van der Waals surface area contributed by atoms with Gasteiger partial charge < -0.3 is 9.84 Å². The highest BCUT2D eigenvalue weighted by Gasteiger charge is 2.49. The second-order valence-corrected chi connectivity index (χ2v) is 12.1. The highest BCUT2D eigenvalue weighted by Crippen LogP contribution is 2.45. The van der Waals surface area contributed by atoms with Crippen LogP contribution in [-0.2, 0) is 15.3 Å². The molecule has 4 heterocycles. The van der Waals surface area contributed by atoms with Crippen LogP contribution in [0.5, 0.6) is 5.75 Å². The van der Waals surface area contributed by atoms with Crippen LogP contribution in [0.3, 0.4) is 0 Å². The number of aliphatic hydroxyl groups is 1. The van der Waals surface area contributed by atoms with Gasteiger partial charge in [0.1, 0.15) is 23.7 Å². The molecule has 5 aromatic rings. The molecule has 0 saturated carbocycles. The number of carbonyl (C=O) groups is 2. The Morgan fingerprint density at radius 2 is 1.95 bits per heavy atom. The number of nitrogens with zero attached hydrogens (tertiary/aromatic N) is 5. The molecule has 0 aliphatic carbocycles. The first-order chi connectivity index (χ1) is 20.9. The van der Waals surface area contributed by atoms with Crippen molar-refractivity contribution in [2.75, 3.05) is 11.5 Å². The number of rotatable bonds is 9. The number of carbonyl (C=O) groups excluding carboxylic acids is 2. The third-order valence-electron chi connectivity index (χ3n) is 6.83. The molecule has 0 spiro atoms. The topological polar surface area (TPSA) is 110 Å². The number of benzene rings is 2. The third-order valence-corrected chi connectivity index (χ3v) is 9.30. The van der Waals surface area contributed by atoms with E-state index in [0.717, 1.165) is 5.56 Å². The molecule has 9 nitrogen and oxygen atoms in total. The minimum atomic E-state index is -1.00. The van der Waals surface area contributed by atoms with Crippen molar-refractivity contribution in [1.82, 2.24) is 19.6 Å². The molecular formula is C31H24ClN5O4S2. The Morgan fingerprint density at radius 3 is 2.77 bits per heavy atom. The zero-order valence-electron chi connectivity index (χ0n) is 22.8. The zero-order chi connectivity index (χ0) is 30.1. The number of ether oxygens (including phenoxy) is 1. The Hall–Kier alpha value is -4.45. The van der Waals surface area contributed by atoms with E-state index in [1.165, 1.54) is 28.0 Å². The lowest BCUT2D eigenvalue weighted by Gasteiger charge is -2.23. The molecule has 1 aliphatic heterocycles. The van der Waals surface area contributed by atoms with E-state index in [4.69, 9.17) is 16.3 Å². The van der Waals surface area contributed by atoms with Crippen LogP contribution in [-0.4, -0.2) is 43.0 Å². The average molecular weight is 630 g/mol. The molecule has 1 unspecified atom stereocenters. The van der Waals surface area contributed by atoms with E-state index in [2.05, 4.69) is 21.8 Å². The van der Waals surface area contributed by atoms with Crippen molar-refractivity contribution in [3.8, 4) is 5.75 Å². The maximum Gasteiger partial charge on any atom is 0.301 e. The van der Waals surface area contributed by atoms with Gasteiger partial charge in [-0.2, -0.15) is 0 Å². The Morgan fingerprint density at radius 1 is 1.14 bits per heavy atom. The molecule has 1 N–H and O–H groups in total. The summed E-state index contributed by atoms with van der Waals surface area (Å²) in [6.45, 7) is 5.70. The number of aromatic nitrogens is 4. The molecule has 1 saturated heterocycles. The number of imidazole rings is 1. The molecule has 43 heavy (non-hydrogen) atoms. The van der Waals surface area contributed by atoms with Gasteiger partial charge in [-0.05, 0) is 48.4 Å². The summed E-state index contributed by atoms with van der Waals surface area (Å²) < 4.78 is 8.03. The minimum absolute atomic E-state index is 0.0832. The first-order valence-electron chi connectivity index (χ1n) is 13.2. The van der Waals surface area contributed by atoms with Gasteiger partial charge in [0, 0.05) is 17.0 Å². The summed E-state index contributed by atoms with van der Waals surface area (Å²) in [7, 11) is 0. The van der Waals surface area contributed by atoms with Crippen LogP contribution in [0.1, 0.15) is 28.6 Å². The summed E-state index contributed by atoms with van der Waals surface area (Å²) in [5.41, 5.74) is 2.83. The van der Waals surface area contributed by atoms with E-state index in [0.29, 0.717) is 43.5 Å². The van der Waals surface area contributed by atoms with E-state index >= 15 is 0 Å². The van der Waals surface area contributed by atoms with E-state index in [9.17, 15) is 14.7 Å². The number of hydrogen-bond acceptors (Lipinski definition) is 9. The highest BCUT2D eigenvalue weighted by atomic mass is 35.5. The van der Waals surface area contributed by atoms with Crippen molar-refractivity contribution < 1.29 is 19.4 Å². The van der Waals surface area contributed by atoms with Crippen molar-refractivity contribution >= 4 is 62.9 Å². The van der Waals surface area contributed by atoms with Gasteiger partial charge in [-0.1, -0.05) is 83.8 Å². The SMILES string of the molecule is C=CCOc1cccc(C2/C(=C(\O)c3c(C)nc4ccccn34)C(=O)C(=O)N2c2nnc(SCc3ccccc3Cl)s2)c1.